The molecule has 5 heteroatoms. The van der Waals surface area contributed by atoms with Gasteiger partial charge in [0.05, 0.1) is 6.61 Å². The summed E-state index contributed by atoms with van der Waals surface area (Å²) in [5.74, 6) is 1.41. The van der Waals surface area contributed by atoms with E-state index in [2.05, 4.69) is 20.6 Å². The first kappa shape index (κ1) is 11.1. The molecule has 0 saturated carbocycles. The van der Waals surface area contributed by atoms with Crippen molar-refractivity contribution in [1.82, 2.24) is 15.3 Å². The monoisotopic (exact) mass is 222 g/mol. The van der Waals surface area contributed by atoms with Crippen molar-refractivity contribution in [3.05, 3.63) is 12.3 Å². The standard InChI is InChI=1S/C11H18N4O/c1-2-13-10-4-6-14-11(15-10)16-8-9-3-5-12-7-9/h4,6,9,12H,2-3,5,7-8H2,1H3,(H,13,14,15)/t9-/m0/s1. The van der Waals surface area contributed by atoms with Gasteiger partial charge < -0.3 is 15.4 Å². The van der Waals surface area contributed by atoms with Crippen LogP contribution >= 0.6 is 0 Å². The van der Waals surface area contributed by atoms with Gasteiger partial charge in [-0.05, 0) is 26.0 Å². The number of ether oxygens (including phenoxy) is 1. The molecule has 1 aromatic heterocycles. The summed E-state index contributed by atoms with van der Waals surface area (Å²) >= 11 is 0. The van der Waals surface area contributed by atoms with Crippen molar-refractivity contribution in [3.8, 4) is 6.01 Å². The van der Waals surface area contributed by atoms with E-state index < -0.39 is 0 Å². The Balaban J connectivity index is 1.85. The molecule has 0 bridgehead atoms. The van der Waals surface area contributed by atoms with Gasteiger partial charge in [-0.2, -0.15) is 4.98 Å². The Kier molecular flexibility index (Phi) is 3.93. The molecular weight excluding hydrogens is 204 g/mol. The van der Waals surface area contributed by atoms with E-state index in [4.69, 9.17) is 4.74 Å². The molecule has 2 N–H and O–H groups in total. The number of aromatic nitrogens is 2. The fraction of sp³-hybridized carbons (Fsp3) is 0.636. The molecule has 1 fully saturated rings. The van der Waals surface area contributed by atoms with Crippen molar-refractivity contribution >= 4 is 5.82 Å². The van der Waals surface area contributed by atoms with Crippen LogP contribution in [0.25, 0.3) is 0 Å². The van der Waals surface area contributed by atoms with E-state index in [0.717, 1.165) is 25.5 Å². The Hall–Kier alpha value is -1.36. The van der Waals surface area contributed by atoms with Crippen LogP contribution < -0.4 is 15.4 Å². The minimum absolute atomic E-state index is 0.463. The number of hydrogen-bond acceptors (Lipinski definition) is 5. The molecule has 0 amide bonds. The second kappa shape index (κ2) is 5.65. The van der Waals surface area contributed by atoms with Crippen molar-refractivity contribution < 1.29 is 4.74 Å². The molecule has 0 spiro atoms. The number of hydrogen-bond donors (Lipinski definition) is 2. The van der Waals surface area contributed by atoms with E-state index >= 15 is 0 Å². The summed E-state index contributed by atoms with van der Waals surface area (Å²) in [6.07, 6.45) is 2.89. The maximum Gasteiger partial charge on any atom is 0.318 e. The van der Waals surface area contributed by atoms with Crippen LogP contribution in [0, 0.1) is 5.92 Å². The first-order valence-corrected chi connectivity index (χ1v) is 5.79. The highest BCUT2D eigenvalue weighted by molar-refractivity contribution is 5.33. The van der Waals surface area contributed by atoms with E-state index in [1.807, 2.05) is 13.0 Å². The lowest BCUT2D eigenvalue weighted by Gasteiger charge is -2.09. The number of anilines is 1. The second-order valence-electron chi connectivity index (χ2n) is 3.92. The third-order valence-corrected chi connectivity index (χ3v) is 2.60. The van der Waals surface area contributed by atoms with Crippen LogP contribution in [0.3, 0.4) is 0 Å². The molecule has 2 heterocycles. The van der Waals surface area contributed by atoms with Gasteiger partial charge in [0.15, 0.2) is 0 Å². The summed E-state index contributed by atoms with van der Waals surface area (Å²) < 4.78 is 5.57. The Labute approximate surface area is 95.6 Å². The van der Waals surface area contributed by atoms with E-state index in [-0.39, 0.29) is 0 Å². The topological polar surface area (TPSA) is 59.1 Å². The van der Waals surface area contributed by atoms with Crippen LogP contribution in [0.15, 0.2) is 12.3 Å². The Morgan fingerprint density at radius 2 is 2.56 bits per heavy atom. The smallest absolute Gasteiger partial charge is 0.318 e. The van der Waals surface area contributed by atoms with Gasteiger partial charge in [-0.1, -0.05) is 0 Å². The third kappa shape index (κ3) is 3.06. The predicted octanol–water partition coefficient (Wildman–Crippen LogP) is 0.897. The summed E-state index contributed by atoms with van der Waals surface area (Å²) in [4.78, 5) is 8.35. The molecule has 0 aliphatic carbocycles. The number of rotatable bonds is 5. The Morgan fingerprint density at radius 1 is 1.62 bits per heavy atom. The number of nitrogens with zero attached hydrogens (tertiary/aromatic N) is 2. The fourth-order valence-corrected chi connectivity index (χ4v) is 1.74. The molecule has 1 saturated heterocycles. The van der Waals surface area contributed by atoms with Gasteiger partial charge in [0.2, 0.25) is 0 Å². The summed E-state index contributed by atoms with van der Waals surface area (Å²) in [6, 6.07) is 2.30. The minimum atomic E-state index is 0.463. The molecule has 0 aromatic carbocycles. The van der Waals surface area contributed by atoms with Crippen molar-refractivity contribution in [2.24, 2.45) is 5.92 Å². The first-order valence-electron chi connectivity index (χ1n) is 5.79. The predicted molar refractivity (Wildman–Crippen MR) is 62.7 cm³/mol. The maximum absolute atomic E-state index is 5.57. The zero-order chi connectivity index (χ0) is 11.2. The van der Waals surface area contributed by atoms with Crippen molar-refractivity contribution in [3.63, 3.8) is 0 Å². The summed E-state index contributed by atoms with van der Waals surface area (Å²) in [5, 5.41) is 6.44. The van der Waals surface area contributed by atoms with Crippen LogP contribution in [0.4, 0.5) is 5.82 Å². The zero-order valence-electron chi connectivity index (χ0n) is 9.57. The fourth-order valence-electron chi connectivity index (χ4n) is 1.74. The molecule has 0 unspecified atom stereocenters. The first-order chi connectivity index (χ1) is 7.88. The largest absolute Gasteiger partial charge is 0.463 e. The van der Waals surface area contributed by atoms with Gasteiger partial charge in [0.25, 0.3) is 0 Å². The highest BCUT2D eigenvalue weighted by Crippen LogP contribution is 2.11. The highest BCUT2D eigenvalue weighted by atomic mass is 16.5. The van der Waals surface area contributed by atoms with Gasteiger partial charge in [0, 0.05) is 25.2 Å². The average molecular weight is 222 g/mol. The minimum Gasteiger partial charge on any atom is -0.463 e. The van der Waals surface area contributed by atoms with Gasteiger partial charge in [-0.25, -0.2) is 4.98 Å². The maximum atomic E-state index is 5.57. The van der Waals surface area contributed by atoms with Crippen LogP contribution in [-0.2, 0) is 0 Å². The van der Waals surface area contributed by atoms with E-state index in [0.29, 0.717) is 18.5 Å². The summed E-state index contributed by atoms with van der Waals surface area (Å²) in [7, 11) is 0. The third-order valence-electron chi connectivity index (χ3n) is 2.60. The zero-order valence-corrected chi connectivity index (χ0v) is 9.57. The van der Waals surface area contributed by atoms with Crippen molar-refractivity contribution in [2.45, 2.75) is 13.3 Å². The lowest BCUT2D eigenvalue weighted by Crippen LogP contribution is -2.16. The lowest BCUT2D eigenvalue weighted by atomic mass is 10.1. The molecule has 0 radical (unpaired) electrons. The van der Waals surface area contributed by atoms with Gasteiger partial charge in [-0.15, -0.1) is 0 Å². The molecule has 1 atom stereocenters. The van der Waals surface area contributed by atoms with Crippen LogP contribution in [-0.4, -0.2) is 36.2 Å². The average Bonchev–Trinajstić information content (AvgIpc) is 2.80. The highest BCUT2D eigenvalue weighted by Gasteiger charge is 2.15. The molecule has 1 aliphatic heterocycles. The summed E-state index contributed by atoms with van der Waals surface area (Å²) in [5.41, 5.74) is 0. The normalized spacial score (nSPS) is 19.7. The van der Waals surface area contributed by atoms with E-state index in [1.165, 1.54) is 6.42 Å². The SMILES string of the molecule is CCNc1ccnc(OC[C@H]2CCNC2)n1. The number of nitrogens with one attached hydrogen (secondary N) is 2. The van der Waals surface area contributed by atoms with Gasteiger partial charge in [-0.3, -0.25) is 0 Å². The lowest BCUT2D eigenvalue weighted by molar-refractivity contribution is 0.241. The molecule has 1 aliphatic rings. The summed E-state index contributed by atoms with van der Waals surface area (Å²) in [6.45, 7) is 5.71. The van der Waals surface area contributed by atoms with Crippen LogP contribution in [0.1, 0.15) is 13.3 Å². The van der Waals surface area contributed by atoms with Crippen molar-refractivity contribution in [1.29, 1.82) is 0 Å². The van der Waals surface area contributed by atoms with E-state index in [1.54, 1.807) is 6.20 Å². The van der Waals surface area contributed by atoms with Gasteiger partial charge in [0.1, 0.15) is 5.82 Å². The molecule has 16 heavy (non-hydrogen) atoms. The van der Waals surface area contributed by atoms with E-state index in [9.17, 15) is 0 Å². The Bertz CT molecular complexity index is 326. The molecule has 1 aromatic rings. The van der Waals surface area contributed by atoms with Crippen LogP contribution in [0.2, 0.25) is 0 Å². The van der Waals surface area contributed by atoms with Gasteiger partial charge >= 0.3 is 6.01 Å². The van der Waals surface area contributed by atoms with Crippen molar-refractivity contribution in [2.75, 3.05) is 31.6 Å². The molecule has 5 nitrogen and oxygen atoms in total. The molecular formula is C11H18N4O. The molecule has 88 valence electrons. The second-order valence-corrected chi connectivity index (χ2v) is 3.92. The van der Waals surface area contributed by atoms with Crippen LogP contribution in [0.5, 0.6) is 6.01 Å². The Morgan fingerprint density at radius 3 is 3.31 bits per heavy atom. The quantitative estimate of drug-likeness (QED) is 0.775. The molecule has 2 rings (SSSR count).